The summed E-state index contributed by atoms with van der Waals surface area (Å²) in [5, 5.41) is 6.27. The molecule has 166 valence electrons. The summed E-state index contributed by atoms with van der Waals surface area (Å²) in [5.41, 5.74) is 3.39. The first-order valence-corrected chi connectivity index (χ1v) is 10.9. The lowest BCUT2D eigenvalue weighted by Crippen LogP contribution is -2.32. The van der Waals surface area contributed by atoms with Gasteiger partial charge in [-0.05, 0) is 79.9 Å². The highest BCUT2D eigenvalue weighted by Gasteiger charge is 2.10. The Hall–Kier alpha value is -4.06. The minimum Gasteiger partial charge on any atom is -0.350 e. The number of carbonyl (C=O) groups is 1. The molecule has 4 aromatic rings. The van der Waals surface area contributed by atoms with Crippen LogP contribution in [-0.2, 0) is 6.42 Å². The zero-order valence-corrected chi connectivity index (χ0v) is 18.3. The Kier molecular flexibility index (Phi) is 7.05. The second-order valence-corrected chi connectivity index (χ2v) is 7.87. The normalized spacial score (nSPS) is 11.6. The third-order valence-electron chi connectivity index (χ3n) is 5.26. The van der Waals surface area contributed by atoms with E-state index >= 15 is 0 Å². The Bertz CT molecular complexity index is 1190. The van der Waals surface area contributed by atoms with Gasteiger partial charge in [-0.25, -0.2) is 14.4 Å². The minimum absolute atomic E-state index is 0.0707. The number of carbonyl (C=O) groups excluding carboxylic acids is 1. The molecular formula is C27H25FN4O. The lowest BCUT2D eigenvalue weighted by molar-refractivity contribution is 0.0938. The lowest BCUT2D eigenvalue weighted by Gasteiger charge is -2.14. The number of hydrogen-bond acceptors (Lipinski definition) is 4. The molecule has 6 heteroatoms. The van der Waals surface area contributed by atoms with Gasteiger partial charge in [-0.2, -0.15) is 0 Å². The topological polar surface area (TPSA) is 66.9 Å². The summed E-state index contributed by atoms with van der Waals surface area (Å²) in [6.45, 7) is 2.02. The van der Waals surface area contributed by atoms with E-state index in [-0.39, 0.29) is 17.8 Å². The van der Waals surface area contributed by atoms with Crippen LogP contribution in [0.4, 0.5) is 15.9 Å². The zero-order valence-electron chi connectivity index (χ0n) is 18.3. The van der Waals surface area contributed by atoms with Crippen molar-refractivity contribution in [1.29, 1.82) is 0 Å². The maximum Gasteiger partial charge on any atom is 0.251 e. The van der Waals surface area contributed by atoms with Crippen LogP contribution in [-0.4, -0.2) is 21.9 Å². The number of aryl methyl sites for hydroxylation is 1. The van der Waals surface area contributed by atoms with Crippen molar-refractivity contribution in [2.45, 2.75) is 25.8 Å². The molecule has 0 bridgehead atoms. The van der Waals surface area contributed by atoms with Crippen LogP contribution in [0.15, 0.2) is 91.1 Å². The number of halogens is 1. The van der Waals surface area contributed by atoms with Crippen molar-refractivity contribution in [2.75, 3.05) is 5.32 Å². The van der Waals surface area contributed by atoms with Gasteiger partial charge in [-0.15, -0.1) is 0 Å². The van der Waals surface area contributed by atoms with Gasteiger partial charge in [-0.1, -0.05) is 30.3 Å². The molecular weight excluding hydrogens is 415 g/mol. The number of rotatable bonds is 8. The van der Waals surface area contributed by atoms with E-state index in [0.29, 0.717) is 17.2 Å². The van der Waals surface area contributed by atoms with E-state index in [2.05, 4.69) is 32.7 Å². The summed E-state index contributed by atoms with van der Waals surface area (Å²) in [4.78, 5) is 21.3. The predicted molar refractivity (Wildman–Crippen MR) is 129 cm³/mol. The van der Waals surface area contributed by atoms with Crippen LogP contribution in [0, 0.1) is 5.82 Å². The number of nitrogens with one attached hydrogen (secondary N) is 2. The fraction of sp³-hybridized carbons (Fsp3) is 0.148. The Morgan fingerprint density at radius 2 is 1.67 bits per heavy atom. The molecule has 0 spiro atoms. The zero-order chi connectivity index (χ0) is 23.0. The van der Waals surface area contributed by atoms with E-state index in [0.717, 1.165) is 24.1 Å². The first-order valence-electron chi connectivity index (χ1n) is 10.9. The third kappa shape index (κ3) is 6.23. The Labute approximate surface area is 192 Å². The van der Waals surface area contributed by atoms with Crippen molar-refractivity contribution in [3.8, 4) is 11.4 Å². The summed E-state index contributed by atoms with van der Waals surface area (Å²) in [7, 11) is 0. The van der Waals surface area contributed by atoms with Crippen molar-refractivity contribution >= 4 is 17.4 Å². The molecule has 33 heavy (non-hydrogen) atoms. The van der Waals surface area contributed by atoms with Crippen LogP contribution < -0.4 is 10.6 Å². The fourth-order valence-corrected chi connectivity index (χ4v) is 3.43. The van der Waals surface area contributed by atoms with E-state index in [4.69, 9.17) is 0 Å². The second kappa shape index (κ2) is 10.5. The number of anilines is 2. The monoisotopic (exact) mass is 440 g/mol. The largest absolute Gasteiger partial charge is 0.350 e. The van der Waals surface area contributed by atoms with Crippen molar-refractivity contribution in [2.24, 2.45) is 0 Å². The minimum atomic E-state index is -0.303. The van der Waals surface area contributed by atoms with Crippen molar-refractivity contribution < 1.29 is 9.18 Å². The molecule has 1 amide bonds. The molecule has 0 aliphatic carbocycles. The maximum atomic E-state index is 13.2. The summed E-state index contributed by atoms with van der Waals surface area (Å²) >= 11 is 0. The standard InChI is InChI=1S/C27H25FN4O/c1-19(7-8-20-5-3-2-4-6-20)30-27(33)22-11-15-24(16-12-22)31-25-17-18-29-26(32-25)21-9-13-23(28)14-10-21/h2-6,9-19H,7-8H2,1H3,(H,30,33)(H,29,31,32). The average Bonchev–Trinajstić information content (AvgIpc) is 2.84. The highest BCUT2D eigenvalue weighted by molar-refractivity contribution is 5.94. The van der Waals surface area contributed by atoms with Gasteiger partial charge in [0, 0.05) is 29.1 Å². The molecule has 4 rings (SSSR count). The second-order valence-electron chi connectivity index (χ2n) is 7.87. The maximum absolute atomic E-state index is 13.2. The van der Waals surface area contributed by atoms with Crippen LogP contribution in [0.25, 0.3) is 11.4 Å². The van der Waals surface area contributed by atoms with E-state index < -0.39 is 0 Å². The van der Waals surface area contributed by atoms with Gasteiger partial charge in [0.15, 0.2) is 5.82 Å². The van der Waals surface area contributed by atoms with Crippen LogP contribution in [0.3, 0.4) is 0 Å². The molecule has 3 aromatic carbocycles. The SMILES string of the molecule is CC(CCc1ccccc1)NC(=O)c1ccc(Nc2ccnc(-c3ccc(F)cc3)n2)cc1. The summed E-state index contributed by atoms with van der Waals surface area (Å²) in [6, 6.07) is 25.4. The molecule has 1 unspecified atom stereocenters. The van der Waals surface area contributed by atoms with Crippen LogP contribution in [0.2, 0.25) is 0 Å². The quantitative estimate of drug-likeness (QED) is 0.365. The molecule has 0 radical (unpaired) electrons. The van der Waals surface area contributed by atoms with E-state index in [9.17, 15) is 9.18 Å². The Morgan fingerprint density at radius 1 is 0.939 bits per heavy atom. The van der Waals surface area contributed by atoms with Gasteiger partial charge < -0.3 is 10.6 Å². The number of amides is 1. The Morgan fingerprint density at radius 3 is 2.39 bits per heavy atom. The number of hydrogen-bond donors (Lipinski definition) is 2. The van der Waals surface area contributed by atoms with Gasteiger partial charge in [-0.3, -0.25) is 4.79 Å². The average molecular weight is 441 g/mol. The first kappa shape index (κ1) is 22.1. The first-order chi connectivity index (χ1) is 16.1. The summed E-state index contributed by atoms with van der Waals surface area (Å²) < 4.78 is 13.2. The van der Waals surface area contributed by atoms with Gasteiger partial charge in [0.25, 0.3) is 5.91 Å². The third-order valence-corrected chi connectivity index (χ3v) is 5.26. The molecule has 2 N–H and O–H groups in total. The fourth-order valence-electron chi connectivity index (χ4n) is 3.43. The predicted octanol–water partition coefficient (Wildman–Crippen LogP) is 5.78. The molecule has 5 nitrogen and oxygen atoms in total. The number of benzene rings is 3. The molecule has 0 saturated heterocycles. The van der Waals surface area contributed by atoms with Crippen molar-refractivity contribution in [3.63, 3.8) is 0 Å². The summed E-state index contributed by atoms with van der Waals surface area (Å²) in [5.74, 6) is 0.710. The number of nitrogens with zero attached hydrogens (tertiary/aromatic N) is 2. The van der Waals surface area contributed by atoms with Gasteiger partial charge in [0.2, 0.25) is 0 Å². The molecule has 0 aliphatic heterocycles. The highest BCUT2D eigenvalue weighted by Crippen LogP contribution is 2.20. The number of aromatic nitrogens is 2. The highest BCUT2D eigenvalue weighted by atomic mass is 19.1. The van der Waals surface area contributed by atoms with E-state index in [1.165, 1.54) is 17.7 Å². The molecule has 0 aliphatic rings. The van der Waals surface area contributed by atoms with Gasteiger partial charge in [0.05, 0.1) is 0 Å². The molecule has 0 fully saturated rings. The van der Waals surface area contributed by atoms with Gasteiger partial charge in [0.1, 0.15) is 11.6 Å². The molecule has 0 saturated carbocycles. The molecule has 1 heterocycles. The molecule has 1 aromatic heterocycles. The van der Waals surface area contributed by atoms with Crippen molar-refractivity contribution in [1.82, 2.24) is 15.3 Å². The van der Waals surface area contributed by atoms with Crippen LogP contribution in [0.5, 0.6) is 0 Å². The van der Waals surface area contributed by atoms with Gasteiger partial charge >= 0.3 is 0 Å². The summed E-state index contributed by atoms with van der Waals surface area (Å²) in [6.07, 6.45) is 3.44. The van der Waals surface area contributed by atoms with Crippen LogP contribution >= 0.6 is 0 Å². The lowest BCUT2D eigenvalue weighted by atomic mass is 10.1. The van der Waals surface area contributed by atoms with E-state index in [1.807, 2.05) is 37.3 Å². The van der Waals surface area contributed by atoms with E-state index in [1.54, 1.807) is 36.5 Å². The van der Waals surface area contributed by atoms with Crippen molar-refractivity contribution in [3.05, 3.63) is 108 Å². The molecule has 1 atom stereocenters. The Balaban J connectivity index is 1.34. The van der Waals surface area contributed by atoms with Crippen LogP contribution in [0.1, 0.15) is 29.3 Å². The smallest absolute Gasteiger partial charge is 0.251 e.